The fraction of sp³-hybridized carbons (Fsp3) is 0.667. The van der Waals surface area contributed by atoms with Gasteiger partial charge in [-0.1, -0.05) is 38.1 Å². The minimum atomic E-state index is 0.399. The predicted molar refractivity (Wildman–Crippen MR) is 92.9 cm³/mol. The van der Waals surface area contributed by atoms with Gasteiger partial charge >= 0.3 is 0 Å². The molecule has 0 radical (unpaired) electrons. The molecule has 1 saturated carbocycles. The van der Waals surface area contributed by atoms with Crippen molar-refractivity contribution in [3.05, 3.63) is 35.4 Å². The number of benzene rings is 1. The van der Waals surface area contributed by atoms with Gasteiger partial charge in [0.1, 0.15) is 0 Å². The molecule has 3 rings (SSSR count). The Hall–Kier alpha value is -0.510. The Morgan fingerprint density at radius 2 is 2.05 bits per heavy atom. The third-order valence-electron chi connectivity index (χ3n) is 4.91. The zero-order valence-electron chi connectivity index (χ0n) is 13.3. The van der Waals surface area contributed by atoms with E-state index in [1.54, 1.807) is 5.56 Å². The Kier molecular flexibility index (Phi) is 4.63. The molecule has 1 aliphatic carbocycles. The fourth-order valence-corrected chi connectivity index (χ4v) is 4.51. The smallest absolute Gasteiger partial charge is 0.0473 e. The highest BCUT2D eigenvalue weighted by molar-refractivity contribution is 8.00. The molecule has 0 bridgehead atoms. The molecule has 1 aliphatic heterocycles. The maximum Gasteiger partial charge on any atom is 0.0473 e. The Labute approximate surface area is 133 Å². The Morgan fingerprint density at radius 1 is 1.29 bits per heavy atom. The second kappa shape index (κ2) is 6.31. The zero-order valence-corrected chi connectivity index (χ0v) is 14.2. The van der Waals surface area contributed by atoms with E-state index in [1.807, 2.05) is 0 Å². The van der Waals surface area contributed by atoms with Crippen molar-refractivity contribution in [2.75, 3.05) is 25.4 Å². The van der Waals surface area contributed by atoms with Crippen LogP contribution in [-0.4, -0.2) is 35.0 Å². The van der Waals surface area contributed by atoms with E-state index < -0.39 is 0 Å². The topological polar surface area (TPSA) is 29.3 Å². The predicted octanol–water partition coefficient (Wildman–Crippen LogP) is 3.78. The van der Waals surface area contributed by atoms with Crippen LogP contribution in [0.4, 0.5) is 0 Å². The highest BCUT2D eigenvalue weighted by atomic mass is 32.2. The average Bonchev–Trinajstić information content (AvgIpc) is 3.29. The number of rotatable bonds is 4. The van der Waals surface area contributed by atoms with Crippen LogP contribution in [0, 0.1) is 0 Å². The quantitative estimate of drug-likeness (QED) is 0.918. The van der Waals surface area contributed by atoms with Crippen LogP contribution >= 0.6 is 11.8 Å². The van der Waals surface area contributed by atoms with Crippen molar-refractivity contribution in [3.63, 3.8) is 0 Å². The van der Waals surface area contributed by atoms with E-state index in [2.05, 4.69) is 54.8 Å². The largest absolute Gasteiger partial charge is 0.329 e. The summed E-state index contributed by atoms with van der Waals surface area (Å²) in [6, 6.07) is 9.41. The van der Waals surface area contributed by atoms with Gasteiger partial charge in [-0.25, -0.2) is 0 Å². The molecule has 1 heterocycles. The van der Waals surface area contributed by atoms with Gasteiger partial charge in [-0.05, 0) is 36.3 Å². The number of thioether (sulfide) groups is 1. The lowest BCUT2D eigenvalue weighted by atomic mass is 9.95. The maximum absolute atomic E-state index is 6.20. The lowest BCUT2D eigenvalue weighted by molar-refractivity contribution is 0.210. The molecule has 21 heavy (non-hydrogen) atoms. The van der Waals surface area contributed by atoms with Gasteiger partial charge in [0.15, 0.2) is 0 Å². The summed E-state index contributed by atoms with van der Waals surface area (Å²) in [5.41, 5.74) is 9.25. The van der Waals surface area contributed by atoms with Gasteiger partial charge in [-0.3, -0.25) is 4.90 Å². The monoisotopic (exact) mass is 304 g/mol. The lowest BCUT2D eigenvalue weighted by Gasteiger charge is -2.32. The summed E-state index contributed by atoms with van der Waals surface area (Å²) >= 11 is 2.11. The Bertz CT molecular complexity index is 482. The van der Waals surface area contributed by atoms with E-state index >= 15 is 0 Å². The van der Waals surface area contributed by atoms with E-state index in [4.69, 9.17) is 5.73 Å². The molecule has 3 heteroatoms. The molecule has 2 N–H and O–H groups in total. The van der Waals surface area contributed by atoms with Crippen LogP contribution in [0.1, 0.15) is 56.2 Å². The number of hydrogen-bond donors (Lipinski definition) is 1. The molecule has 2 nitrogen and oxygen atoms in total. The summed E-state index contributed by atoms with van der Waals surface area (Å²) in [7, 11) is 0. The molecule has 116 valence electrons. The van der Waals surface area contributed by atoms with Crippen molar-refractivity contribution in [1.29, 1.82) is 0 Å². The molecule has 2 aliphatic rings. The van der Waals surface area contributed by atoms with Crippen molar-refractivity contribution in [2.45, 2.75) is 49.8 Å². The minimum Gasteiger partial charge on any atom is -0.329 e. The first kappa shape index (κ1) is 15.4. The van der Waals surface area contributed by atoms with Gasteiger partial charge < -0.3 is 5.73 Å². The molecule has 1 aromatic rings. The molecule has 0 amide bonds. The highest BCUT2D eigenvalue weighted by Crippen LogP contribution is 2.44. The van der Waals surface area contributed by atoms with Crippen LogP contribution in [0.3, 0.4) is 0 Å². The van der Waals surface area contributed by atoms with E-state index in [0.717, 1.165) is 19.0 Å². The summed E-state index contributed by atoms with van der Waals surface area (Å²) in [6.45, 7) is 7.80. The van der Waals surface area contributed by atoms with E-state index in [1.165, 1.54) is 37.1 Å². The number of nitrogens with two attached hydrogens (primary N) is 1. The standard InChI is InChI=1S/C18H28N2S/c1-18(2)9-10-20(11-12-21-18)17(13-19)16-6-4-3-5-15(16)14-7-8-14/h3-6,14,17H,7-13,19H2,1-2H3. The molecule has 0 spiro atoms. The molecule has 1 unspecified atom stereocenters. The van der Waals surface area contributed by atoms with Gasteiger partial charge in [-0.2, -0.15) is 11.8 Å². The first-order valence-electron chi connectivity index (χ1n) is 8.27. The maximum atomic E-state index is 6.20. The van der Waals surface area contributed by atoms with Crippen LogP contribution in [0.2, 0.25) is 0 Å². The van der Waals surface area contributed by atoms with E-state index in [0.29, 0.717) is 10.8 Å². The molecule has 1 atom stereocenters. The third-order valence-corrected chi connectivity index (χ3v) is 6.28. The first-order valence-corrected chi connectivity index (χ1v) is 9.26. The lowest BCUT2D eigenvalue weighted by Crippen LogP contribution is -2.36. The first-order chi connectivity index (χ1) is 10.1. The van der Waals surface area contributed by atoms with Crippen molar-refractivity contribution >= 4 is 11.8 Å². The average molecular weight is 305 g/mol. The van der Waals surface area contributed by atoms with Crippen molar-refractivity contribution in [3.8, 4) is 0 Å². The van der Waals surface area contributed by atoms with Crippen LogP contribution in [-0.2, 0) is 0 Å². The van der Waals surface area contributed by atoms with Gasteiger partial charge in [0.25, 0.3) is 0 Å². The van der Waals surface area contributed by atoms with Crippen molar-refractivity contribution in [1.82, 2.24) is 4.90 Å². The normalized spacial score (nSPS) is 24.5. The van der Waals surface area contributed by atoms with Crippen LogP contribution in [0.15, 0.2) is 24.3 Å². The van der Waals surface area contributed by atoms with Crippen LogP contribution in [0.25, 0.3) is 0 Å². The highest BCUT2D eigenvalue weighted by Gasteiger charge is 2.31. The summed E-state index contributed by atoms with van der Waals surface area (Å²) < 4.78 is 0.407. The Morgan fingerprint density at radius 3 is 2.76 bits per heavy atom. The molecular weight excluding hydrogens is 276 g/mol. The van der Waals surface area contributed by atoms with Crippen LogP contribution < -0.4 is 5.73 Å². The third kappa shape index (κ3) is 3.64. The van der Waals surface area contributed by atoms with Gasteiger partial charge in [-0.15, -0.1) is 0 Å². The number of nitrogens with zero attached hydrogens (tertiary/aromatic N) is 1. The zero-order chi connectivity index (χ0) is 14.9. The van der Waals surface area contributed by atoms with Gasteiger partial charge in [0, 0.05) is 36.2 Å². The second-order valence-corrected chi connectivity index (χ2v) is 8.85. The van der Waals surface area contributed by atoms with Crippen molar-refractivity contribution in [2.24, 2.45) is 5.73 Å². The minimum absolute atomic E-state index is 0.399. The Balaban J connectivity index is 1.81. The van der Waals surface area contributed by atoms with Crippen LogP contribution in [0.5, 0.6) is 0 Å². The van der Waals surface area contributed by atoms with Gasteiger partial charge in [0.05, 0.1) is 0 Å². The number of hydrogen-bond acceptors (Lipinski definition) is 3. The molecule has 2 fully saturated rings. The molecule has 0 aromatic heterocycles. The summed E-state index contributed by atoms with van der Waals surface area (Å²) in [5, 5.41) is 0. The van der Waals surface area contributed by atoms with E-state index in [9.17, 15) is 0 Å². The van der Waals surface area contributed by atoms with E-state index in [-0.39, 0.29) is 0 Å². The molecule has 1 saturated heterocycles. The summed E-state index contributed by atoms with van der Waals surface area (Å²) in [6.07, 6.45) is 3.97. The van der Waals surface area contributed by atoms with Crippen molar-refractivity contribution < 1.29 is 0 Å². The summed E-state index contributed by atoms with van der Waals surface area (Å²) in [5.74, 6) is 2.02. The molecular formula is C18H28N2S. The van der Waals surface area contributed by atoms with Gasteiger partial charge in [0.2, 0.25) is 0 Å². The fourth-order valence-electron chi connectivity index (χ4n) is 3.40. The summed E-state index contributed by atoms with van der Waals surface area (Å²) in [4.78, 5) is 2.63. The second-order valence-electron chi connectivity index (χ2n) is 7.05. The molecule has 1 aromatic carbocycles. The SMILES string of the molecule is CC1(C)CCN(C(CN)c2ccccc2C2CC2)CCS1.